The van der Waals surface area contributed by atoms with E-state index in [1.54, 1.807) is 30.3 Å². The quantitative estimate of drug-likeness (QED) is 0.550. The molecule has 7 nitrogen and oxygen atoms in total. The molecule has 25 heavy (non-hydrogen) atoms. The van der Waals surface area contributed by atoms with Crippen LogP contribution in [-0.2, 0) is 4.84 Å². The number of aromatic amines is 1. The van der Waals surface area contributed by atoms with Gasteiger partial charge in [0.15, 0.2) is 0 Å². The number of amides is 1. The number of carbonyl (C=O) groups is 2. The summed E-state index contributed by atoms with van der Waals surface area (Å²) in [5.74, 6) is -1.30. The monoisotopic (exact) mass is 332 g/mol. The molecule has 2 aromatic carbocycles. The molecule has 2 heterocycles. The summed E-state index contributed by atoms with van der Waals surface area (Å²) in [6.07, 6.45) is 3.02. The molecule has 0 spiro atoms. The Labute approximate surface area is 141 Å². The molecule has 0 aliphatic rings. The van der Waals surface area contributed by atoms with Crippen LogP contribution in [0.4, 0.5) is 0 Å². The molecule has 0 fully saturated rings. The number of hydrogen-bond acceptors (Lipinski definition) is 5. The SMILES string of the molecule is O=C(NOC(=O)c1cccc2[nH]cnc12)c1nccc2ccccc12. The largest absolute Gasteiger partial charge is 0.365 e. The van der Waals surface area contributed by atoms with Gasteiger partial charge in [0.05, 0.1) is 17.4 Å². The lowest BCUT2D eigenvalue weighted by molar-refractivity contribution is 0.0230. The van der Waals surface area contributed by atoms with Crippen molar-refractivity contribution in [2.24, 2.45) is 0 Å². The van der Waals surface area contributed by atoms with Crippen LogP contribution in [0.5, 0.6) is 0 Å². The molecule has 4 rings (SSSR count). The summed E-state index contributed by atoms with van der Waals surface area (Å²) < 4.78 is 0. The van der Waals surface area contributed by atoms with Gasteiger partial charge in [0, 0.05) is 11.6 Å². The third kappa shape index (κ3) is 2.67. The molecule has 1 amide bonds. The van der Waals surface area contributed by atoms with E-state index in [9.17, 15) is 9.59 Å². The van der Waals surface area contributed by atoms with Crippen LogP contribution in [0.15, 0.2) is 61.1 Å². The first kappa shape index (κ1) is 14.8. The number of hydroxylamine groups is 1. The van der Waals surface area contributed by atoms with Crippen LogP contribution < -0.4 is 5.48 Å². The predicted octanol–water partition coefficient (Wildman–Crippen LogP) is 2.61. The fourth-order valence-electron chi connectivity index (χ4n) is 2.63. The van der Waals surface area contributed by atoms with E-state index >= 15 is 0 Å². The van der Waals surface area contributed by atoms with Gasteiger partial charge in [0.25, 0.3) is 0 Å². The molecular formula is C18H12N4O3. The number of fused-ring (bicyclic) bond motifs is 2. The van der Waals surface area contributed by atoms with Gasteiger partial charge < -0.3 is 9.82 Å². The molecule has 2 aromatic heterocycles. The average molecular weight is 332 g/mol. The van der Waals surface area contributed by atoms with Gasteiger partial charge >= 0.3 is 11.9 Å². The van der Waals surface area contributed by atoms with E-state index in [1.165, 1.54) is 12.5 Å². The fraction of sp³-hybridized carbons (Fsp3) is 0. The Morgan fingerprint density at radius 1 is 1.00 bits per heavy atom. The van der Waals surface area contributed by atoms with Gasteiger partial charge in [-0.15, -0.1) is 0 Å². The van der Waals surface area contributed by atoms with E-state index in [2.05, 4.69) is 20.4 Å². The number of carbonyl (C=O) groups excluding carboxylic acids is 2. The lowest BCUT2D eigenvalue weighted by atomic mass is 10.1. The third-order valence-electron chi connectivity index (χ3n) is 3.79. The van der Waals surface area contributed by atoms with E-state index in [-0.39, 0.29) is 11.3 Å². The highest BCUT2D eigenvalue weighted by molar-refractivity contribution is 6.06. The smallest absolute Gasteiger partial charge is 0.345 e. The number of benzene rings is 2. The number of aromatic nitrogens is 3. The summed E-state index contributed by atoms with van der Waals surface area (Å²) in [6.45, 7) is 0. The minimum Gasteiger partial charge on any atom is -0.345 e. The number of nitrogens with zero attached hydrogens (tertiary/aromatic N) is 2. The van der Waals surface area contributed by atoms with Crippen molar-refractivity contribution in [2.45, 2.75) is 0 Å². The summed E-state index contributed by atoms with van der Waals surface area (Å²) in [7, 11) is 0. The standard InChI is InChI=1S/C18H12N4O3/c23-17(16-12-5-2-1-4-11(12)8-9-19-16)22-25-18(24)13-6-3-7-14-15(13)21-10-20-14/h1-10H,(H,20,21)(H,22,23). The molecule has 0 bridgehead atoms. The number of imidazole rings is 1. The van der Waals surface area contributed by atoms with Crippen molar-refractivity contribution >= 4 is 33.7 Å². The highest BCUT2D eigenvalue weighted by Gasteiger charge is 2.17. The van der Waals surface area contributed by atoms with Gasteiger partial charge in [-0.25, -0.2) is 9.78 Å². The minimum absolute atomic E-state index is 0.184. The Kier molecular flexibility index (Phi) is 3.59. The second-order valence-electron chi connectivity index (χ2n) is 5.31. The van der Waals surface area contributed by atoms with Gasteiger partial charge in [0.1, 0.15) is 11.2 Å². The summed E-state index contributed by atoms with van der Waals surface area (Å²) in [4.78, 5) is 40.6. The van der Waals surface area contributed by atoms with Gasteiger partial charge in [-0.2, -0.15) is 5.48 Å². The molecule has 0 saturated heterocycles. The molecule has 0 aliphatic carbocycles. The average Bonchev–Trinajstić information content (AvgIpc) is 3.14. The third-order valence-corrected chi connectivity index (χ3v) is 3.79. The maximum absolute atomic E-state index is 12.3. The molecule has 4 aromatic rings. The Balaban J connectivity index is 1.55. The predicted molar refractivity (Wildman–Crippen MR) is 90.7 cm³/mol. The maximum atomic E-state index is 12.3. The molecule has 0 saturated carbocycles. The van der Waals surface area contributed by atoms with E-state index in [0.717, 1.165) is 5.39 Å². The van der Waals surface area contributed by atoms with Crippen molar-refractivity contribution in [1.29, 1.82) is 0 Å². The zero-order valence-electron chi connectivity index (χ0n) is 12.9. The number of pyridine rings is 1. The molecule has 122 valence electrons. The molecule has 2 N–H and O–H groups in total. The normalized spacial score (nSPS) is 10.7. The van der Waals surface area contributed by atoms with Crippen LogP contribution in [0.2, 0.25) is 0 Å². The van der Waals surface area contributed by atoms with E-state index < -0.39 is 11.9 Å². The second-order valence-corrected chi connectivity index (χ2v) is 5.31. The molecule has 7 heteroatoms. The van der Waals surface area contributed by atoms with Gasteiger partial charge in [-0.3, -0.25) is 9.78 Å². The summed E-state index contributed by atoms with van der Waals surface area (Å²) >= 11 is 0. The summed E-state index contributed by atoms with van der Waals surface area (Å²) in [5.41, 5.74) is 3.78. The summed E-state index contributed by atoms with van der Waals surface area (Å²) in [6, 6.07) is 14.2. The number of nitrogens with one attached hydrogen (secondary N) is 2. The fourth-order valence-corrected chi connectivity index (χ4v) is 2.63. The first-order valence-electron chi connectivity index (χ1n) is 7.51. The van der Waals surface area contributed by atoms with Crippen LogP contribution in [-0.4, -0.2) is 26.8 Å². The number of hydrogen-bond donors (Lipinski definition) is 2. The zero-order chi connectivity index (χ0) is 17.2. The minimum atomic E-state index is -0.703. The Morgan fingerprint density at radius 3 is 2.80 bits per heavy atom. The van der Waals surface area contributed by atoms with Gasteiger partial charge in [-0.1, -0.05) is 30.3 Å². The van der Waals surface area contributed by atoms with E-state index in [1.807, 2.05) is 18.2 Å². The van der Waals surface area contributed by atoms with Crippen LogP contribution >= 0.6 is 0 Å². The van der Waals surface area contributed by atoms with Crippen LogP contribution in [0.25, 0.3) is 21.8 Å². The summed E-state index contributed by atoms with van der Waals surface area (Å²) in [5, 5.41) is 1.54. The highest BCUT2D eigenvalue weighted by Crippen LogP contribution is 2.17. The molecule has 0 radical (unpaired) electrons. The highest BCUT2D eigenvalue weighted by atomic mass is 16.7. The van der Waals surface area contributed by atoms with Crippen molar-refractivity contribution in [3.63, 3.8) is 0 Å². The molecule has 0 unspecified atom stereocenters. The van der Waals surface area contributed by atoms with Crippen LogP contribution in [0.3, 0.4) is 0 Å². The number of H-pyrrole nitrogens is 1. The number of rotatable bonds is 2. The number of para-hydroxylation sites is 1. The molecule has 0 atom stereocenters. The molecule has 0 aliphatic heterocycles. The second kappa shape index (κ2) is 6.04. The van der Waals surface area contributed by atoms with Crippen molar-refractivity contribution in [3.8, 4) is 0 Å². The lowest BCUT2D eigenvalue weighted by Gasteiger charge is -2.07. The Hall–Kier alpha value is -3.74. The van der Waals surface area contributed by atoms with Gasteiger partial charge in [-0.05, 0) is 23.6 Å². The van der Waals surface area contributed by atoms with Gasteiger partial charge in [0.2, 0.25) is 0 Å². The zero-order valence-corrected chi connectivity index (χ0v) is 12.9. The van der Waals surface area contributed by atoms with E-state index in [0.29, 0.717) is 16.4 Å². The van der Waals surface area contributed by atoms with Crippen molar-refractivity contribution in [3.05, 3.63) is 72.3 Å². The van der Waals surface area contributed by atoms with Crippen molar-refractivity contribution < 1.29 is 14.4 Å². The van der Waals surface area contributed by atoms with Crippen molar-refractivity contribution in [1.82, 2.24) is 20.4 Å². The molecular weight excluding hydrogens is 320 g/mol. The topological polar surface area (TPSA) is 97.0 Å². The Bertz CT molecular complexity index is 1100. The maximum Gasteiger partial charge on any atom is 0.365 e. The van der Waals surface area contributed by atoms with Crippen LogP contribution in [0.1, 0.15) is 20.8 Å². The van der Waals surface area contributed by atoms with Crippen molar-refractivity contribution in [2.75, 3.05) is 0 Å². The van der Waals surface area contributed by atoms with E-state index in [4.69, 9.17) is 4.84 Å². The first-order chi connectivity index (χ1) is 12.2. The Morgan fingerprint density at radius 2 is 1.88 bits per heavy atom. The lowest BCUT2D eigenvalue weighted by Crippen LogP contribution is -2.28. The first-order valence-corrected chi connectivity index (χ1v) is 7.51. The van der Waals surface area contributed by atoms with Crippen LogP contribution in [0, 0.1) is 0 Å².